The molecule has 0 saturated carbocycles. The minimum Gasteiger partial charge on any atom is -0.462 e. The lowest BCUT2D eigenvalue weighted by Gasteiger charge is -2.21. The molecule has 0 amide bonds. The van der Waals surface area contributed by atoms with E-state index in [1.54, 1.807) is 0 Å². The Balaban J connectivity index is 5.24. The second kappa shape index (κ2) is 50.6. The van der Waals surface area contributed by atoms with Crippen molar-refractivity contribution in [3.63, 3.8) is 0 Å². The van der Waals surface area contributed by atoms with Crippen molar-refractivity contribution in [2.24, 2.45) is 23.7 Å². The lowest BCUT2D eigenvalue weighted by atomic mass is 10.00. The van der Waals surface area contributed by atoms with Crippen LogP contribution in [0.5, 0.6) is 0 Å². The van der Waals surface area contributed by atoms with Gasteiger partial charge in [-0.2, -0.15) is 0 Å². The maximum Gasteiger partial charge on any atom is 0.472 e. The van der Waals surface area contributed by atoms with Crippen LogP contribution in [0.25, 0.3) is 0 Å². The number of phosphoric ester groups is 2. The molecule has 0 radical (unpaired) electrons. The lowest BCUT2D eigenvalue weighted by molar-refractivity contribution is -0.161. The van der Waals surface area contributed by atoms with Gasteiger partial charge in [0.1, 0.15) is 19.3 Å². The zero-order valence-electron chi connectivity index (χ0n) is 51.0. The van der Waals surface area contributed by atoms with E-state index in [4.69, 9.17) is 37.0 Å². The summed E-state index contributed by atoms with van der Waals surface area (Å²) in [7, 11) is -9.88. The first kappa shape index (κ1) is 77.1. The number of aliphatic hydroxyl groups excluding tert-OH is 1. The van der Waals surface area contributed by atoms with E-state index in [-0.39, 0.29) is 25.7 Å². The molecule has 0 aliphatic carbocycles. The molecule has 468 valence electrons. The molecule has 3 N–H and O–H groups in total. The largest absolute Gasteiger partial charge is 0.472 e. The van der Waals surface area contributed by atoms with E-state index in [2.05, 4.69) is 55.4 Å². The number of rotatable bonds is 57. The van der Waals surface area contributed by atoms with Crippen LogP contribution in [-0.2, 0) is 65.4 Å². The number of aliphatic hydroxyl groups is 1. The highest BCUT2D eigenvalue weighted by molar-refractivity contribution is 7.47. The Labute approximate surface area is 479 Å². The summed E-state index contributed by atoms with van der Waals surface area (Å²) in [5.74, 6) is 0.643. The van der Waals surface area contributed by atoms with Gasteiger partial charge in [0.25, 0.3) is 0 Å². The van der Waals surface area contributed by atoms with Gasteiger partial charge in [-0.3, -0.25) is 37.3 Å². The highest BCUT2D eigenvalue weighted by Gasteiger charge is 2.30. The van der Waals surface area contributed by atoms with Crippen molar-refractivity contribution in [1.29, 1.82) is 0 Å². The van der Waals surface area contributed by atoms with E-state index in [0.717, 1.165) is 108 Å². The van der Waals surface area contributed by atoms with Crippen LogP contribution in [0, 0.1) is 23.7 Å². The fourth-order valence-corrected chi connectivity index (χ4v) is 10.3. The van der Waals surface area contributed by atoms with Gasteiger partial charge in [-0.05, 0) is 49.4 Å². The summed E-state index contributed by atoms with van der Waals surface area (Å²) in [6.07, 6.45) is 28.4. The van der Waals surface area contributed by atoms with E-state index in [0.29, 0.717) is 37.5 Å². The van der Waals surface area contributed by atoms with Gasteiger partial charge in [-0.25, -0.2) is 9.13 Å². The van der Waals surface area contributed by atoms with Crippen molar-refractivity contribution in [3.05, 3.63) is 0 Å². The van der Waals surface area contributed by atoms with Crippen LogP contribution in [0.1, 0.15) is 280 Å². The molecule has 0 aromatic heterocycles. The Morgan fingerprint density at radius 1 is 0.354 bits per heavy atom. The average molecular weight is 1170 g/mol. The van der Waals surface area contributed by atoms with Gasteiger partial charge in [0.15, 0.2) is 12.2 Å². The summed E-state index contributed by atoms with van der Waals surface area (Å²) in [5, 5.41) is 10.5. The molecule has 0 rings (SSSR count). The number of phosphoric acid groups is 2. The van der Waals surface area contributed by atoms with Gasteiger partial charge in [0.05, 0.1) is 26.4 Å². The summed E-state index contributed by atoms with van der Waals surface area (Å²) in [4.78, 5) is 71.9. The number of unbranched alkanes of at least 4 members (excludes halogenated alkanes) is 22. The van der Waals surface area contributed by atoms with Crippen LogP contribution < -0.4 is 0 Å². The van der Waals surface area contributed by atoms with Gasteiger partial charge in [0.2, 0.25) is 0 Å². The minimum atomic E-state index is -4.94. The summed E-state index contributed by atoms with van der Waals surface area (Å²) >= 11 is 0. The van der Waals surface area contributed by atoms with Gasteiger partial charge >= 0.3 is 39.5 Å². The maximum atomic E-state index is 12.9. The maximum absolute atomic E-state index is 12.9. The number of ether oxygens (including phenoxy) is 4. The molecule has 0 aromatic rings. The molecule has 0 aromatic carbocycles. The number of carbonyl (C=O) groups excluding carboxylic acids is 4. The molecule has 79 heavy (non-hydrogen) atoms. The first-order valence-electron chi connectivity index (χ1n) is 31.2. The Hall–Kier alpha value is -1.94. The van der Waals surface area contributed by atoms with Gasteiger partial charge in [0, 0.05) is 25.7 Å². The SMILES string of the molecule is CCC(C)CCCCCCCCC(=O)OC[C@H](COP(=O)(O)OCC(O)COP(=O)(O)OC[C@@H](COC(=O)CCCCCCCCCCC(C)C)OC(=O)CCCCCCCCC(C)C)OC(=O)CCCCCCCCC(C)C. The third-order valence-corrected chi connectivity index (χ3v) is 15.8. The van der Waals surface area contributed by atoms with Gasteiger partial charge < -0.3 is 33.8 Å². The van der Waals surface area contributed by atoms with E-state index in [1.165, 1.54) is 77.0 Å². The molecule has 19 heteroatoms. The van der Waals surface area contributed by atoms with Crippen molar-refractivity contribution in [1.82, 2.24) is 0 Å². The molecule has 0 aliphatic rings. The van der Waals surface area contributed by atoms with Crippen molar-refractivity contribution in [2.45, 2.75) is 298 Å². The number of hydrogen-bond acceptors (Lipinski definition) is 15. The predicted octanol–water partition coefficient (Wildman–Crippen LogP) is 15.8. The normalized spacial score (nSPS) is 14.9. The second-order valence-corrected chi connectivity index (χ2v) is 26.3. The summed E-state index contributed by atoms with van der Waals surface area (Å²) in [5.41, 5.74) is 0. The summed E-state index contributed by atoms with van der Waals surface area (Å²) in [6, 6.07) is 0. The van der Waals surface area contributed by atoms with Crippen molar-refractivity contribution in [2.75, 3.05) is 39.6 Å². The standard InChI is InChI=1S/C60H116O17P2/c1-9-53(8)39-31-23-16-19-25-33-41-58(63)71-47-56(77-60(65)43-35-27-18-15-22-30-38-52(6)7)49-75-79(68,69)73-45-54(61)44-72-78(66,67)74-48-55(76-59(64)42-34-26-17-14-21-29-37-51(4)5)46-70-57(62)40-32-24-13-11-10-12-20-28-36-50(2)3/h50-56,61H,9-49H2,1-8H3,(H,66,67)(H,68,69)/t53?,54?,55-,56-/m1/s1. The number of esters is 4. The zero-order valence-corrected chi connectivity index (χ0v) is 52.8. The molecule has 6 atom stereocenters. The van der Waals surface area contributed by atoms with Crippen LogP contribution in [-0.4, -0.2) is 96.7 Å². The predicted molar refractivity (Wildman–Crippen MR) is 312 cm³/mol. The van der Waals surface area contributed by atoms with Crippen molar-refractivity contribution >= 4 is 39.5 Å². The van der Waals surface area contributed by atoms with Crippen LogP contribution in [0.15, 0.2) is 0 Å². The zero-order chi connectivity index (χ0) is 59.0. The fraction of sp³-hybridized carbons (Fsp3) is 0.933. The molecule has 17 nitrogen and oxygen atoms in total. The molecule has 0 bridgehead atoms. The Bertz CT molecular complexity index is 1600. The molecule has 4 unspecified atom stereocenters. The van der Waals surface area contributed by atoms with Crippen LogP contribution in [0.2, 0.25) is 0 Å². The number of carbonyl (C=O) groups is 4. The van der Waals surface area contributed by atoms with Crippen molar-refractivity contribution in [3.8, 4) is 0 Å². The van der Waals surface area contributed by atoms with Crippen LogP contribution >= 0.6 is 15.6 Å². The first-order valence-corrected chi connectivity index (χ1v) is 34.2. The van der Waals surface area contributed by atoms with Crippen LogP contribution in [0.4, 0.5) is 0 Å². The molecule has 0 heterocycles. The summed E-state index contributed by atoms with van der Waals surface area (Å²) in [6.45, 7) is 13.8. The van der Waals surface area contributed by atoms with E-state index in [1.807, 2.05) is 0 Å². The molecule has 0 fully saturated rings. The van der Waals surface area contributed by atoms with Crippen molar-refractivity contribution < 1.29 is 80.2 Å². The monoisotopic (exact) mass is 1170 g/mol. The molecular weight excluding hydrogens is 1050 g/mol. The Morgan fingerprint density at radius 2 is 0.608 bits per heavy atom. The third kappa shape index (κ3) is 53.8. The van der Waals surface area contributed by atoms with E-state index in [9.17, 15) is 43.2 Å². The van der Waals surface area contributed by atoms with E-state index >= 15 is 0 Å². The second-order valence-electron chi connectivity index (χ2n) is 23.4. The highest BCUT2D eigenvalue weighted by atomic mass is 31.2. The summed E-state index contributed by atoms with van der Waals surface area (Å²) < 4.78 is 67.7. The minimum absolute atomic E-state index is 0.100. The number of hydrogen-bond donors (Lipinski definition) is 3. The van der Waals surface area contributed by atoms with Crippen LogP contribution in [0.3, 0.4) is 0 Å². The first-order chi connectivity index (χ1) is 37.6. The lowest BCUT2D eigenvalue weighted by Crippen LogP contribution is -2.30. The Kier molecular flexibility index (Phi) is 49.3. The Morgan fingerprint density at radius 3 is 0.899 bits per heavy atom. The van der Waals surface area contributed by atoms with E-state index < -0.39 is 97.5 Å². The quantitative estimate of drug-likeness (QED) is 0.0222. The molecular formula is C60H116O17P2. The topological polar surface area (TPSA) is 237 Å². The molecule has 0 spiro atoms. The van der Waals surface area contributed by atoms with Gasteiger partial charge in [-0.1, -0.05) is 229 Å². The average Bonchev–Trinajstić information content (AvgIpc) is 3.39. The molecule has 0 aliphatic heterocycles. The molecule has 0 saturated heterocycles. The van der Waals surface area contributed by atoms with Gasteiger partial charge in [-0.15, -0.1) is 0 Å². The highest BCUT2D eigenvalue weighted by Crippen LogP contribution is 2.45. The third-order valence-electron chi connectivity index (χ3n) is 13.9. The fourth-order valence-electron chi connectivity index (χ4n) is 8.69. The smallest absolute Gasteiger partial charge is 0.462 e.